The van der Waals surface area contributed by atoms with Crippen LogP contribution in [0.25, 0.3) is 0 Å². The van der Waals surface area contributed by atoms with Crippen molar-refractivity contribution in [2.75, 3.05) is 25.5 Å². The quantitative estimate of drug-likeness (QED) is 0.492. The molecule has 1 aliphatic heterocycles. The summed E-state index contributed by atoms with van der Waals surface area (Å²) in [5, 5.41) is 2.89. The van der Waals surface area contributed by atoms with Crippen molar-refractivity contribution in [1.29, 1.82) is 0 Å². The molecule has 1 N–H and O–H groups in total. The van der Waals surface area contributed by atoms with Crippen molar-refractivity contribution < 1.29 is 27.5 Å². The molecule has 0 spiro atoms. The Labute approximate surface area is 207 Å². The number of hydrogen-bond donors (Lipinski definition) is 1. The Morgan fingerprint density at radius 2 is 1.72 bits per heavy atom. The van der Waals surface area contributed by atoms with E-state index in [0.29, 0.717) is 48.6 Å². The number of carbonyl (C=O) groups is 2. The van der Waals surface area contributed by atoms with E-state index in [2.05, 4.69) is 10.3 Å². The van der Waals surface area contributed by atoms with Gasteiger partial charge in [0.1, 0.15) is 5.75 Å². The van der Waals surface area contributed by atoms with Crippen LogP contribution in [0.15, 0.2) is 60.7 Å². The summed E-state index contributed by atoms with van der Waals surface area (Å²) in [5.74, 6) is -0.00265. The van der Waals surface area contributed by atoms with Gasteiger partial charge in [0.15, 0.2) is 0 Å². The molecule has 36 heavy (non-hydrogen) atoms. The molecule has 0 bridgehead atoms. The highest BCUT2D eigenvalue weighted by molar-refractivity contribution is 6.05. The summed E-state index contributed by atoms with van der Waals surface area (Å²) < 4.78 is 43.7. The lowest BCUT2D eigenvalue weighted by Gasteiger charge is -2.32. The Balaban J connectivity index is 1.45. The topological polar surface area (TPSA) is 71.5 Å². The molecule has 0 atom stereocenters. The number of alkyl halides is 3. The number of nitrogens with one attached hydrogen (secondary N) is 1. The minimum Gasteiger partial charge on any atom is -0.497 e. The van der Waals surface area contributed by atoms with E-state index in [1.807, 2.05) is 6.92 Å². The first kappa shape index (κ1) is 25.2. The van der Waals surface area contributed by atoms with Crippen molar-refractivity contribution in [3.8, 4) is 5.75 Å². The summed E-state index contributed by atoms with van der Waals surface area (Å²) in [6.45, 7) is 2.69. The summed E-state index contributed by atoms with van der Waals surface area (Å²) >= 11 is 0. The second kappa shape index (κ2) is 10.4. The van der Waals surface area contributed by atoms with Crippen LogP contribution in [0.5, 0.6) is 5.75 Å². The number of piperidine rings is 1. The average Bonchev–Trinajstić information content (AvgIpc) is 2.88. The van der Waals surface area contributed by atoms with Gasteiger partial charge in [0.25, 0.3) is 11.8 Å². The van der Waals surface area contributed by atoms with E-state index >= 15 is 0 Å². The molecule has 0 saturated carbocycles. The summed E-state index contributed by atoms with van der Waals surface area (Å²) in [6.07, 6.45) is -3.28. The van der Waals surface area contributed by atoms with Gasteiger partial charge in [-0.05, 0) is 68.3 Å². The molecule has 0 aliphatic carbocycles. The molecule has 9 heteroatoms. The van der Waals surface area contributed by atoms with Crippen molar-refractivity contribution in [1.82, 2.24) is 9.88 Å². The van der Waals surface area contributed by atoms with Gasteiger partial charge in [-0.1, -0.05) is 6.07 Å². The maximum absolute atomic E-state index is 13.1. The molecule has 2 amide bonds. The van der Waals surface area contributed by atoms with E-state index in [-0.39, 0.29) is 23.3 Å². The molecular weight excluding hydrogens is 471 g/mol. The second-order valence-electron chi connectivity index (χ2n) is 8.71. The number of halogens is 3. The molecule has 1 aliphatic rings. The molecule has 3 aromatic rings. The van der Waals surface area contributed by atoms with E-state index in [1.165, 1.54) is 12.1 Å². The monoisotopic (exact) mass is 497 g/mol. The number of aromatic nitrogens is 1. The molecule has 2 aromatic carbocycles. The fourth-order valence-electron chi connectivity index (χ4n) is 4.32. The zero-order valence-electron chi connectivity index (χ0n) is 19.9. The van der Waals surface area contributed by atoms with Crippen LogP contribution in [0, 0.1) is 6.92 Å². The van der Waals surface area contributed by atoms with Crippen LogP contribution in [-0.4, -0.2) is 41.9 Å². The van der Waals surface area contributed by atoms with Crippen molar-refractivity contribution >= 4 is 17.5 Å². The van der Waals surface area contributed by atoms with Gasteiger partial charge in [0.2, 0.25) is 0 Å². The summed E-state index contributed by atoms with van der Waals surface area (Å²) in [4.78, 5) is 32.2. The number of pyridine rings is 1. The third-order valence-corrected chi connectivity index (χ3v) is 6.26. The smallest absolute Gasteiger partial charge is 0.416 e. The number of likely N-dealkylation sites (tertiary alicyclic amines) is 1. The molecule has 4 rings (SSSR count). The third kappa shape index (κ3) is 5.67. The second-order valence-corrected chi connectivity index (χ2v) is 8.71. The minimum atomic E-state index is -4.45. The molecule has 6 nitrogen and oxygen atoms in total. The number of anilines is 1. The molecule has 2 heterocycles. The van der Waals surface area contributed by atoms with Crippen LogP contribution in [0.2, 0.25) is 0 Å². The molecule has 1 fully saturated rings. The van der Waals surface area contributed by atoms with Gasteiger partial charge in [0, 0.05) is 42.0 Å². The fourth-order valence-corrected chi connectivity index (χ4v) is 4.32. The van der Waals surface area contributed by atoms with Gasteiger partial charge < -0.3 is 15.0 Å². The summed E-state index contributed by atoms with van der Waals surface area (Å²) in [6, 6.07) is 14.9. The number of ether oxygens (including phenoxy) is 1. The molecule has 0 unspecified atom stereocenters. The number of rotatable bonds is 5. The molecule has 1 saturated heterocycles. The number of carbonyl (C=O) groups excluding carboxylic acids is 2. The SMILES string of the molecule is COc1cccc(NC(=O)c2ccc(C)nc2C2CCN(C(=O)c3ccc(C(F)(F)F)cc3)CC2)c1. The highest BCUT2D eigenvalue weighted by Crippen LogP contribution is 2.32. The molecule has 0 radical (unpaired) electrons. The zero-order chi connectivity index (χ0) is 25.9. The van der Waals surface area contributed by atoms with Crippen LogP contribution < -0.4 is 10.1 Å². The van der Waals surface area contributed by atoms with E-state index < -0.39 is 11.7 Å². The van der Waals surface area contributed by atoms with Gasteiger partial charge in [0.05, 0.1) is 23.9 Å². The first-order valence-electron chi connectivity index (χ1n) is 11.5. The van der Waals surface area contributed by atoms with E-state index in [0.717, 1.165) is 17.8 Å². The van der Waals surface area contributed by atoms with Gasteiger partial charge in [-0.15, -0.1) is 0 Å². The van der Waals surface area contributed by atoms with Crippen LogP contribution in [0.3, 0.4) is 0 Å². The first-order valence-corrected chi connectivity index (χ1v) is 11.5. The van der Waals surface area contributed by atoms with E-state index in [4.69, 9.17) is 4.74 Å². The van der Waals surface area contributed by atoms with Gasteiger partial charge in [-0.25, -0.2) is 0 Å². The molecule has 1 aromatic heterocycles. The normalized spacial score (nSPS) is 14.4. The predicted molar refractivity (Wildman–Crippen MR) is 129 cm³/mol. The third-order valence-electron chi connectivity index (χ3n) is 6.26. The lowest BCUT2D eigenvalue weighted by atomic mass is 9.89. The number of benzene rings is 2. The number of hydrogen-bond acceptors (Lipinski definition) is 4. The standard InChI is InChI=1S/C27H26F3N3O3/c1-17-6-11-23(25(34)32-21-4-3-5-22(16-21)36-2)24(31-17)18-12-14-33(15-13-18)26(35)19-7-9-20(10-8-19)27(28,29)30/h3-11,16,18H,12-15H2,1-2H3,(H,32,34). The Kier molecular flexibility index (Phi) is 7.28. The predicted octanol–water partition coefficient (Wildman–Crippen LogP) is 5.69. The maximum Gasteiger partial charge on any atom is 0.416 e. The van der Waals surface area contributed by atoms with Crippen molar-refractivity contribution in [3.63, 3.8) is 0 Å². The lowest BCUT2D eigenvalue weighted by molar-refractivity contribution is -0.137. The van der Waals surface area contributed by atoms with Crippen LogP contribution in [0.1, 0.15) is 56.4 Å². The fraction of sp³-hybridized carbons (Fsp3) is 0.296. The van der Waals surface area contributed by atoms with Crippen molar-refractivity contribution in [3.05, 3.63) is 88.7 Å². The number of aryl methyl sites for hydroxylation is 1. The zero-order valence-corrected chi connectivity index (χ0v) is 19.9. The Bertz CT molecular complexity index is 1250. The maximum atomic E-state index is 13.1. The largest absolute Gasteiger partial charge is 0.497 e. The minimum absolute atomic E-state index is 0.0346. The van der Waals surface area contributed by atoms with Gasteiger partial charge in [-0.3, -0.25) is 14.6 Å². The number of nitrogens with zero attached hydrogens (tertiary/aromatic N) is 2. The van der Waals surface area contributed by atoms with E-state index in [9.17, 15) is 22.8 Å². The average molecular weight is 498 g/mol. The molecular formula is C27H26F3N3O3. The first-order chi connectivity index (χ1) is 17.2. The van der Waals surface area contributed by atoms with Crippen LogP contribution >= 0.6 is 0 Å². The van der Waals surface area contributed by atoms with Gasteiger partial charge in [-0.2, -0.15) is 13.2 Å². The van der Waals surface area contributed by atoms with E-state index in [1.54, 1.807) is 48.4 Å². The lowest BCUT2D eigenvalue weighted by Crippen LogP contribution is -2.38. The van der Waals surface area contributed by atoms with Crippen LogP contribution in [0.4, 0.5) is 18.9 Å². The Morgan fingerprint density at radius 3 is 2.36 bits per heavy atom. The van der Waals surface area contributed by atoms with Crippen molar-refractivity contribution in [2.24, 2.45) is 0 Å². The van der Waals surface area contributed by atoms with Gasteiger partial charge >= 0.3 is 6.18 Å². The highest BCUT2D eigenvalue weighted by atomic mass is 19.4. The number of methoxy groups -OCH3 is 1. The van der Waals surface area contributed by atoms with Crippen LogP contribution in [-0.2, 0) is 6.18 Å². The number of amides is 2. The summed E-state index contributed by atoms with van der Waals surface area (Å²) in [5.41, 5.74) is 1.96. The summed E-state index contributed by atoms with van der Waals surface area (Å²) in [7, 11) is 1.55. The molecule has 188 valence electrons. The Hall–Kier alpha value is -3.88. The Morgan fingerprint density at radius 1 is 1.03 bits per heavy atom. The van der Waals surface area contributed by atoms with Crippen molar-refractivity contribution in [2.45, 2.75) is 31.9 Å². The highest BCUT2D eigenvalue weighted by Gasteiger charge is 2.31.